The van der Waals surface area contributed by atoms with E-state index in [4.69, 9.17) is 0 Å². The Hall–Kier alpha value is -3.37. The van der Waals surface area contributed by atoms with E-state index in [1.165, 1.54) is 37.1 Å². The van der Waals surface area contributed by atoms with Crippen LogP contribution >= 0.6 is 0 Å². The number of rotatable bonds is 9. The van der Waals surface area contributed by atoms with Crippen LogP contribution in [0.3, 0.4) is 0 Å². The summed E-state index contributed by atoms with van der Waals surface area (Å²) in [6.45, 7) is 8.36. The van der Waals surface area contributed by atoms with E-state index < -0.39 is 0 Å². The molecule has 0 saturated carbocycles. The lowest BCUT2D eigenvalue weighted by Crippen LogP contribution is -2.33. The van der Waals surface area contributed by atoms with Crippen LogP contribution in [0.5, 0.6) is 0 Å². The SMILES string of the molecule is CC(C)NC(=O)c1c(C(c2ccccc2)c2ccccc2)c2ccccc2n1CCCN1CCCC1. The van der Waals surface area contributed by atoms with E-state index in [1.54, 1.807) is 0 Å². The molecule has 5 rings (SSSR count). The second-order valence-electron chi connectivity index (χ2n) is 10.2. The van der Waals surface area contributed by atoms with Crippen molar-refractivity contribution in [3.63, 3.8) is 0 Å². The monoisotopic (exact) mass is 479 g/mol. The van der Waals surface area contributed by atoms with E-state index in [9.17, 15) is 4.79 Å². The van der Waals surface area contributed by atoms with E-state index in [0.717, 1.165) is 41.7 Å². The summed E-state index contributed by atoms with van der Waals surface area (Å²) in [6.07, 6.45) is 3.63. The molecule has 0 atom stereocenters. The van der Waals surface area contributed by atoms with Crippen LogP contribution in [-0.2, 0) is 6.54 Å². The van der Waals surface area contributed by atoms with E-state index in [0.29, 0.717) is 0 Å². The number of amides is 1. The van der Waals surface area contributed by atoms with Gasteiger partial charge in [-0.3, -0.25) is 4.79 Å². The molecule has 186 valence electrons. The van der Waals surface area contributed by atoms with Gasteiger partial charge in [-0.05, 0) is 69.9 Å². The van der Waals surface area contributed by atoms with Gasteiger partial charge in [0.05, 0.1) is 0 Å². The number of hydrogen-bond acceptors (Lipinski definition) is 2. The minimum Gasteiger partial charge on any atom is -0.349 e. The summed E-state index contributed by atoms with van der Waals surface area (Å²) in [4.78, 5) is 16.5. The zero-order valence-electron chi connectivity index (χ0n) is 21.5. The molecule has 4 nitrogen and oxygen atoms in total. The standard InChI is InChI=1S/C32H37N3O/c1-24(2)33-32(36)31-30(29(25-14-5-3-6-15-25)26-16-7-4-8-17-26)27-18-9-10-19-28(27)35(31)23-13-22-34-20-11-12-21-34/h3-10,14-19,24,29H,11-13,20-23H2,1-2H3,(H,33,36). The van der Waals surface area contributed by atoms with Crippen molar-refractivity contribution in [3.05, 3.63) is 107 Å². The molecule has 0 unspecified atom stereocenters. The van der Waals surface area contributed by atoms with Crippen molar-refractivity contribution in [2.45, 2.75) is 51.6 Å². The number of likely N-dealkylation sites (tertiary alicyclic amines) is 1. The van der Waals surface area contributed by atoms with E-state index in [1.807, 2.05) is 13.8 Å². The average Bonchev–Trinajstić information content (AvgIpc) is 3.52. The molecule has 1 aromatic heterocycles. The number of carbonyl (C=O) groups is 1. The van der Waals surface area contributed by atoms with Gasteiger partial charge in [-0.15, -0.1) is 0 Å². The lowest BCUT2D eigenvalue weighted by molar-refractivity contribution is 0.0932. The Kier molecular flexibility index (Phi) is 7.52. The molecule has 4 heteroatoms. The Bertz CT molecular complexity index is 1250. The Morgan fingerprint density at radius 2 is 1.39 bits per heavy atom. The highest BCUT2D eigenvalue weighted by molar-refractivity contribution is 6.03. The van der Waals surface area contributed by atoms with Crippen molar-refractivity contribution in [1.82, 2.24) is 14.8 Å². The molecule has 3 aromatic carbocycles. The van der Waals surface area contributed by atoms with Gasteiger partial charge >= 0.3 is 0 Å². The van der Waals surface area contributed by atoms with Crippen LogP contribution < -0.4 is 5.32 Å². The number of hydrogen-bond donors (Lipinski definition) is 1. The number of benzene rings is 3. The van der Waals surface area contributed by atoms with Crippen LogP contribution in [0.4, 0.5) is 0 Å². The minimum atomic E-state index is -0.0370. The predicted octanol–water partition coefficient (Wildman–Crippen LogP) is 6.45. The summed E-state index contributed by atoms with van der Waals surface area (Å²) in [5, 5.41) is 4.38. The maximum atomic E-state index is 13.9. The van der Waals surface area contributed by atoms with Crippen molar-refractivity contribution in [3.8, 4) is 0 Å². The summed E-state index contributed by atoms with van der Waals surface area (Å²) in [5.41, 5.74) is 5.43. The molecule has 1 aliphatic rings. The molecule has 0 spiro atoms. The van der Waals surface area contributed by atoms with E-state index >= 15 is 0 Å². The first-order chi connectivity index (χ1) is 17.6. The van der Waals surface area contributed by atoms with Gasteiger partial charge in [0, 0.05) is 35.0 Å². The lowest BCUT2D eigenvalue weighted by atomic mass is 9.83. The summed E-state index contributed by atoms with van der Waals surface area (Å²) in [6, 6.07) is 29.8. The van der Waals surface area contributed by atoms with Gasteiger partial charge in [0.25, 0.3) is 5.91 Å². The van der Waals surface area contributed by atoms with Crippen molar-refractivity contribution < 1.29 is 4.79 Å². The highest BCUT2D eigenvalue weighted by atomic mass is 16.2. The third kappa shape index (κ3) is 5.10. The normalized spacial score (nSPS) is 14.2. The van der Waals surface area contributed by atoms with Crippen molar-refractivity contribution in [2.75, 3.05) is 19.6 Å². The summed E-state index contributed by atoms with van der Waals surface area (Å²) in [5.74, 6) is -0.0284. The molecular formula is C32H37N3O. The van der Waals surface area contributed by atoms with Crippen molar-refractivity contribution in [1.29, 1.82) is 0 Å². The molecule has 1 fully saturated rings. The van der Waals surface area contributed by atoms with Gasteiger partial charge in [0.15, 0.2) is 0 Å². The number of para-hydroxylation sites is 1. The quantitative estimate of drug-likeness (QED) is 0.300. The number of aromatic nitrogens is 1. The Balaban J connectivity index is 1.69. The Labute approximate surface area is 214 Å². The first-order valence-electron chi connectivity index (χ1n) is 13.4. The highest BCUT2D eigenvalue weighted by Crippen LogP contribution is 2.40. The minimum absolute atomic E-state index is 0.00855. The topological polar surface area (TPSA) is 37.3 Å². The second kappa shape index (κ2) is 11.1. The Morgan fingerprint density at radius 1 is 0.806 bits per heavy atom. The van der Waals surface area contributed by atoms with Gasteiger partial charge in [-0.1, -0.05) is 78.9 Å². The summed E-state index contributed by atoms with van der Waals surface area (Å²) < 4.78 is 2.29. The molecule has 1 saturated heterocycles. The van der Waals surface area contributed by atoms with Crippen LogP contribution in [0.2, 0.25) is 0 Å². The molecule has 1 N–H and O–H groups in total. The molecule has 0 bridgehead atoms. The van der Waals surface area contributed by atoms with Crippen LogP contribution in [-0.4, -0.2) is 41.1 Å². The second-order valence-corrected chi connectivity index (χ2v) is 10.2. The zero-order valence-corrected chi connectivity index (χ0v) is 21.5. The van der Waals surface area contributed by atoms with Gasteiger partial charge in [-0.2, -0.15) is 0 Å². The number of carbonyl (C=O) groups excluding carboxylic acids is 1. The first-order valence-corrected chi connectivity index (χ1v) is 13.4. The number of nitrogens with one attached hydrogen (secondary N) is 1. The maximum Gasteiger partial charge on any atom is 0.268 e. The summed E-state index contributed by atoms with van der Waals surface area (Å²) in [7, 11) is 0. The molecule has 4 aromatic rings. The number of fused-ring (bicyclic) bond motifs is 1. The molecule has 36 heavy (non-hydrogen) atoms. The highest BCUT2D eigenvalue weighted by Gasteiger charge is 2.30. The Morgan fingerprint density at radius 3 is 2.00 bits per heavy atom. The van der Waals surface area contributed by atoms with Gasteiger partial charge in [0.2, 0.25) is 0 Å². The van der Waals surface area contributed by atoms with Crippen molar-refractivity contribution in [2.24, 2.45) is 0 Å². The summed E-state index contributed by atoms with van der Waals surface area (Å²) >= 11 is 0. The van der Waals surface area contributed by atoms with Gasteiger partial charge in [-0.25, -0.2) is 0 Å². The average molecular weight is 480 g/mol. The van der Waals surface area contributed by atoms with Gasteiger partial charge < -0.3 is 14.8 Å². The van der Waals surface area contributed by atoms with E-state index in [-0.39, 0.29) is 17.9 Å². The van der Waals surface area contributed by atoms with Crippen LogP contribution in [0.15, 0.2) is 84.9 Å². The molecular weight excluding hydrogens is 442 g/mol. The molecule has 2 heterocycles. The maximum absolute atomic E-state index is 13.9. The van der Waals surface area contributed by atoms with Crippen LogP contribution in [0.25, 0.3) is 10.9 Å². The lowest BCUT2D eigenvalue weighted by Gasteiger charge is -2.22. The fraction of sp³-hybridized carbons (Fsp3) is 0.344. The van der Waals surface area contributed by atoms with Crippen molar-refractivity contribution >= 4 is 16.8 Å². The first kappa shape index (κ1) is 24.3. The van der Waals surface area contributed by atoms with Crippen LogP contribution in [0, 0.1) is 0 Å². The zero-order chi connectivity index (χ0) is 24.9. The van der Waals surface area contributed by atoms with Gasteiger partial charge in [0.1, 0.15) is 5.69 Å². The number of aryl methyl sites for hydroxylation is 1. The fourth-order valence-electron chi connectivity index (χ4n) is 5.71. The predicted molar refractivity (Wildman–Crippen MR) is 149 cm³/mol. The van der Waals surface area contributed by atoms with E-state index in [2.05, 4.69) is 99.7 Å². The molecule has 0 radical (unpaired) electrons. The smallest absolute Gasteiger partial charge is 0.268 e. The largest absolute Gasteiger partial charge is 0.349 e. The molecule has 1 aliphatic heterocycles. The number of nitrogens with zero attached hydrogens (tertiary/aromatic N) is 2. The fourth-order valence-corrected chi connectivity index (χ4v) is 5.71. The molecule has 0 aliphatic carbocycles. The van der Waals surface area contributed by atoms with Crippen LogP contribution in [0.1, 0.15) is 66.2 Å². The molecule has 1 amide bonds. The third-order valence-electron chi connectivity index (χ3n) is 7.25. The third-order valence-corrected chi connectivity index (χ3v) is 7.25.